The lowest BCUT2D eigenvalue weighted by atomic mass is 9.94. The summed E-state index contributed by atoms with van der Waals surface area (Å²) in [5.41, 5.74) is -1.09. The van der Waals surface area contributed by atoms with Crippen molar-refractivity contribution in [1.29, 1.82) is 0 Å². The number of aliphatic carboxylic acids is 1. The number of hydrogen-bond acceptors (Lipinski definition) is 5. The topological polar surface area (TPSA) is 74.2 Å². The molecule has 0 aromatic heterocycles. The van der Waals surface area contributed by atoms with E-state index in [1.165, 1.54) is 0 Å². The van der Waals surface area contributed by atoms with Crippen LogP contribution in [0.25, 0.3) is 0 Å². The molecule has 6 nitrogen and oxygen atoms in total. The molecule has 0 amide bonds. The molecule has 0 radical (unpaired) electrons. The zero-order chi connectivity index (χ0) is 18.3. The van der Waals surface area contributed by atoms with Gasteiger partial charge >= 0.3 is 5.97 Å². The van der Waals surface area contributed by atoms with Crippen molar-refractivity contribution in [2.45, 2.75) is 98.1 Å². The van der Waals surface area contributed by atoms with E-state index in [0.717, 1.165) is 12.8 Å². The van der Waals surface area contributed by atoms with Crippen molar-refractivity contribution in [1.82, 2.24) is 0 Å². The zero-order valence-corrected chi connectivity index (χ0v) is 15.9. The first-order valence-electron chi connectivity index (χ1n) is 8.24. The van der Waals surface area contributed by atoms with E-state index in [2.05, 4.69) is 0 Å². The van der Waals surface area contributed by atoms with Gasteiger partial charge in [0.15, 0.2) is 0 Å². The summed E-state index contributed by atoms with van der Waals surface area (Å²) >= 11 is 0. The fourth-order valence-corrected chi connectivity index (χ4v) is 1.72. The summed E-state index contributed by atoms with van der Waals surface area (Å²) in [7, 11) is 0. The largest absolute Gasteiger partial charge is 0.481 e. The quantitative estimate of drug-likeness (QED) is 0.361. The molecule has 0 saturated heterocycles. The van der Waals surface area contributed by atoms with Crippen LogP contribution in [0.1, 0.15) is 81.1 Å². The molecule has 1 unspecified atom stereocenters. The maximum Gasteiger partial charge on any atom is 0.306 e. The third-order valence-electron chi connectivity index (χ3n) is 2.81. The van der Waals surface area contributed by atoms with Gasteiger partial charge in [0.1, 0.15) is 0 Å². The fourth-order valence-electron chi connectivity index (χ4n) is 1.72. The van der Waals surface area contributed by atoms with Gasteiger partial charge in [-0.1, -0.05) is 19.8 Å². The number of unbranched alkanes of at least 4 members (excludes halogenated alkanes) is 1. The Morgan fingerprint density at radius 3 is 1.65 bits per heavy atom. The summed E-state index contributed by atoms with van der Waals surface area (Å²) in [5.74, 6) is -2.77. The molecule has 0 aromatic carbocycles. The Balaban J connectivity index is 5.02. The van der Waals surface area contributed by atoms with Crippen LogP contribution in [-0.4, -0.2) is 28.1 Å². The van der Waals surface area contributed by atoms with Crippen molar-refractivity contribution >= 4 is 5.97 Å². The monoisotopic (exact) mass is 334 g/mol. The second-order valence-corrected chi connectivity index (χ2v) is 8.07. The van der Waals surface area contributed by atoms with Crippen LogP contribution >= 0.6 is 0 Å². The molecule has 0 heterocycles. The third kappa shape index (κ3) is 11.5. The second-order valence-electron chi connectivity index (χ2n) is 8.07. The second kappa shape index (κ2) is 8.97. The van der Waals surface area contributed by atoms with Crippen molar-refractivity contribution < 1.29 is 29.5 Å². The maximum absolute atomic E-state index is 11.5. The first kappa shape index (κ1) is 22.3. The number of carbonyl (C=O) groups is 1. The number of rotatable bonds is 10. The van der Waals surface area contributed by atoms with Crippen molar-refractivity contribution in [3.05, 3.63) is 0 Å². The molecule has 1 atom stereocenters. The fraction of sp³-hybridized carbons (Fsp3) is 0.941. The van der Waals surface area contributed by atoms with E-state index < -0.39 is 28.9 Å². The average molecular weight is 334 g/mol. The highest BCUT2D eigenvalue weighted by Gasteiger charge is 2.38. The predicted octanol–water partition coefficient (Wildman–Crippen LogP) is 4.48. The highest BCUT2D eigenvalue weighted by molar-refractivity contribution is 5.70. The van der Waals surface area contributed by atoms with Crippen LogP contribution in [0.15, 0.2) is 0 Å². The molecule has 1 N–H and O–H groups in total. The summed E-state index contributed by atoms with van der Waals surface area (Å²) in [6.07, 6.45) is 2.44. The van der Waals surface area contributed by atoms with E-state index in [0.29, 0.717) is 6.42 Å². The lowest BCUT2D eigenvalue weighted by Gasteiger charge is -2.34. The average Bonchev–Trinajstić information content (AvgIpc) is 2.37. The molecule has 0 aliphatic rings. The van der Waals surface area contributed by atoms with Gasteiger partial charge in [-0.2, -0.15) is 9.78 Å². The van der Waals surface area contributed by atoms with Crippen LogP contribution in [0.2, 0.25) is 0 Å². The van der Waals surface area contributed by atoms with Gasteiger partial charge < -0.3 is 5.11 Å². The van der Waals surface area contributed by atoms with E-state index >= 15 is 0 Å². The van der Waals surface area contributed by atoms with E-state index in [1.807, 2.05) is 48.5 Å². The van der Waals surface area contributed by atoms with E-state index in [1.54, 1.807) is 6.92 Å². The standard InChI is InChI=1S/C17H34O6/c1-9-10-11-13(14(18)19)12-17(8,22-20-15(2,3)4)23-21-16(5,6)7/h13H,9-12H2,1-8H3,(H,18,19). The van der Waals surface area contributed by atoms with E-state index in [-0.39, 0.29) is 6.42 Å². The molecular weight excluding hydrogens is 300 g/mol. The van der Waals surface area contributed by atoms with Gasteiger partial charge in [0.2, 0.25) is 5.79 Å². The van der Waals surface area contributed by atoms with Crippen LogP contribution in [0, 0.1) is 5.92 Å². The summed E-state index contributed by atoms with van der Waals surface area (Å²) in [4.78, 5) is 33.1. The van der Waals surface area contributed by atoms with Crippen LogP contribution in [0.3, 0.4) is 0 Å². The molecule has 0 aliphatic carbocycles. The zero-order valence-electron chi connectivity index (χ0n) is 15.9. The lowest BCUT2D eigenvalue weighted by Crippen LogP contribution is -2.41. The summed E-state index contributed by atoms with van der Waals surface area (Å²) in [6.45, 7) is 14.7. The Bertz CT molecular complexity index is 335. The number of carboxylic acid groups (broad SMARTS) is 1. The van der Waals surface area contributed by atoms with Crippen molar-refractivity contribution in [2.24, 2.45) is 5.92 Å². The first-order chi connectivity index (χ1) is 10.3. The molecular formula is C17H34O6. The Labute approximate surface area is 140 Å². The third-order valence-corrected chi connectivity index (χ3v) is 2.81. The Morgan fingerprint density at radius 1 is 0.913 bits per heavy atom. The SMILES string of the molecule is CCCCC(CC(C)(OOC(C)(C)C)OOC(C)(C)C)C(=O)O. The normalized spacial score (nSPS) is 14.8. The summed E-state index contributed by atoms with van der Waals surface area (Å²) in [6, 6.07) is 0. The minimum atomic E-state index is -1.31. The molecule has 6 heteroatoms. The van der Waals surface area contributed by atoms with Crippen LogP contribution < -0.4 is 0 Å². The van der Waals surface area contributed by atoms with Gasteiger partial charge in [0.25, 0.3) is 0 Å². The molecule has 0 aliphatic heterocycles. The van der Waals surface area contributed by atoms with Gasteiger partial charge in [-0.25, -0.2) is 9.78 Å². The molecule has 0 fully saturated rings. The van der Waals surface area contributed by atoms with Gasteiger partial charge in [-0.05, 0) is 54.9 Å². The minimum absolute atomic E-state index is 0.133. The predicted molar refractivity (Wildman–Crippen MR) is 87.5 cm³/mol. The van der Waals surface area contributed by atoms with E-state index in [4.69, 9.17) is 19.6 Å². The van der Waals surface area contributed by atoms with Crippen LogP contribution in [-0.2, 0) is 24.3 Å². The van der Waals surface area contributed by atoms with E-state index in [9.17, 15) is 9.90 Å². The van der Waals surface area contributed by atoms with Gasteiger partial charge in [0, 0.05) is 6.42 Å². The first-order valence-corrected chi connectivity index (χ1v) is 8.24. The molecule has 0 saturated carbocycles. The van der Waals surface area contributed by atoms with Crippen LogP contribution in [0.4, 0.5) is 0 Å². The highest BCUT2D eigenvalue weighted by Crippen LogP contribution is 2.30. The Hall–Kier alpha value is -0.690. The number of hydrogen-bond donors (Lipinski definition) is 1. The van der Waals surface area contributed by atoms with Crippen molar-refractivity contribution in [3.8, 4) is 0 Å². The van der Waals surface area contributed by atoms with Crippen LogP contribution in [0.5, 0.6) is 0 Å². The Kier molecular flexibility index (Phi) is 8.70. The molecule has 23 heavy (non-hydrogen) atoms. The Morgan fingerprint density at radius 2 is 1.35 bits per heavy atom. The van der Waals surface area contributed by atoms with Gasteiger partial charge in [-0.15, -0.1) is 0 Å². The lowest BCUT2D eigenvalue weighted by molar-refractivity contribution is -0.538. The summed E-state index contributed by atoms with van der Waals surface area (Å²) in [5, 5.41) is 9.43. The smallest absolute Gasteiger partial charge is 0.306 e. The van der Waals surface area contributed by atoms with Gasteiger partial charge in [-0.3, -0.25) is 4.79 Å². The summed E-state index contributed by atoms with van der Waals surface area (Å²) < 4.78 is 0. The van der Waals surface area contributed by atoms with Gasteiger partial charge in [0.05, 0.1) is 17.1 Å². The molecule has 138 valence electrons. The number of carboxylic acids is 1. The molecule has 0 aromatic rings. The van der Waals surface area contributed by atoms with Crippen molar-refractivity contribution in [3.63, 3.8) is 0 Å². The molecule has 0 rings (SSSR count). The maximum atomic E-state index is 11.5. The minimum Gasteiger partial charge on any atom is -0.481 e. The highest BCUT2D eigenvalue weighted by atomic mass is 17.3. The molecule has 0 spiro atoms. The molecule has 0 bridgehead atoms. The van der Waals surface area contributed by atoms with Crippen molar-refractivity contribution in [2.75, 3.05) is 0 Å².